The van der Waals surface area contributed by atoms with Crippen molar-refractivity contribution in [1.29, 1.82) is 0 Å². The van der Waals surface area contributed by atoms with E-state index in [9.17, 15) is 0 Å². The highest BCUT2D eigenvalue weighted by atomic mass is 15.3. The maximum Gasteiger partial charge on any atom is 0.241 e. The molecule has 0 fully saturated rings. The van der Waals surface area contributed by atoms with Crippen molar-refractivity contribution in [2.45, 2.75) is 33.2 Å². The Bertz CT molecular complexity index is 519. The summed E-state index contributed by atoms with van der Waals surface area (Å²) in [7, 11) is 0. The average Bonchev–Trinajstić information content (AvgIpc) is 2.82. The molecule has 0 radical (unpaired) electrons. The molecule has 0 aliphatic carbocycles. The van der Waals surface area contributed by atoms with Gasteiger partial charge in [-0.2, -0.15) is 15.1 Å². The van der Waals surface area contributed by atoms with Crippen LogP contribution in [0.2, 0.25) is 0 Å². The lowest BCUT2D eigenvalue weighted by molar-refractivity contribution is 0.664. The Morgan fingerprint density at radius 2 is 2.22 bits per heavy atom. The monoisotopic (exact) mass is 249 g/mol. The molecule has 0 aliphatic rings. The number of hydrogen-bond acceptors (Lipinski definition) is 6. The minimum absolute atomic E-state index is 0.351. The van der Waals surface area contributed by atoms with Gasteiger partial charge in [-0.15, -0.1) is 0 Å². The summed E-state index contributed by atoms with van der Waals surface area (Å²) in [6.07, 6.45) is 2.79. The van der Waals surface area contributed by atoms with Gasteiger partial charge in [-0.05, 0) is 20.3 Å². The van der Waals surface area contributed by atoms with E-state index in [0.29, 0.717) is 17.6 Å². The van der Waals surface area contributed by atoms with Gasteiger partial charge in [-0.1, -0.05) is 6.92 Å². The highest BCUT2D eigenvalue weighted by Gasteiger charge is 2.17. The quantitative estimate of drug-likeness (QED) is 0.545. The Hall–Kier alpha value is -1.89. The van der Waals surface area contributed by atoms with Crippen LogP contribution in [0, 0.1) is 0 Å². The number of rotatable bonds is 5. The van der Waals surface area contributed by atoms with Gasteiger partial charge in [0.25, 0.3) is 0 Å². The van der Waals surface area contributed by atoms with Crippen LogP contribution in [-0.4, -0.2) is 32.8 Å². The van der Waals surface area contributed by atoms with E-state index in [1.165, 1.54) is 0 Å². The molecule has 4 N–H and O–H groups in total. The molecule has 7 heteroatoms. The fraction of sp³-hybridized carbons (Fsp3) is 0.545. The zero-order valence-corrected chi connectivity index (χ0v) is 10.9. The topological polar surface area (TPSA) is 95.8 Å². The molecule has 18 heavy (non-hydrogen) atoms. The lowest BCUT2D eigenvalue weighted by atomic mass is 10.2. The smallest absolute Gasteiger partial charge is 0.241 e. The predicted octanol–water partition coefficient (Wildman–Crippen LogP) is 1.26. The molecule has 98 valence electrons. The third-order valence-electron chi connectivity index (χ3n) is 2.78. The van der Waals surface area contributed by atoms with Gasteiger partial charge in [0.05, 0.1) is 11.6 Å². The lowest BCUT2D eigenvalue weighted by Gasteiger charge is -2.28. The van der Waals surface area contributed by atoms with E-state index in [2.05, 4.69) is 51.3 Å². The molecule has 0 unspecified atom stereocenters. The van der Waals surface area contributed by atoms with Crippen LogP contribution in [0.15, 0.2) is 6.20 Å². The second kappa shape index (κ2) is 5.18. The van der Waals surface area contributed by atoms with Crippen LogP contribution in [0.4, 0.5) is 11.8 Å². The van der Waals surface area contributed by atoms with Crippen molar-refractivity contribution in [3.63, 3.8) is 0 Å². The van der Waals surface area contributed by atoms with Crippen LogP contribution in [0.3, 0.4) is 0 Å². The van der Waals surface area contributed by atoms with Crippen molar-refractivity contribution in [3.05, 3.63) is 6.20 Å². The second-order valence-corrected chi connectivity index (χ2v) is 4.43. The number of nitrogens with one attached hydrogen (secondary N) is 2. The van der Waals surface area contributed by atoms with Gasteiger partial charge in [0.1, 0.15) is 5.82 Å². The standard InChI is InChI=1S/C11H19N7/c1-4-5-18(7(2)3)10-8-6-13-17-9(8)14-11(15-10)16-12/h6-7H,4-5,12H2,1-3H3,(H2,13,14,15,16,17). The van der Waals surface area contributed by atoms with E-state index in [-0.39, 0.29) is 0 Å². The molecule has 0 saturated carbocycles. The number of nitrogens with two attached hydrogens (primary N) is 1. The van der Waals surface area contributed by atoms with E-state index >= 15 is 0 Å². The highest BCUT2D eigenvalue weighted by molar-refractivity contribution is 5.87. The SMILES string of the molecule is CCCN(c1nc(NN)nc2[nH]ncc12)C(C)C. The first-order valence-corrected chi connectivity index (χ1v) is 6.11. The Labute approximate surface area is 106 Å². The number of aromatic amines is 1. The Morgan fingerprint density at radius 1 is 1.44 bits per heavy atom. The van der Waals surface area contributed by atoms with E-state index in [4.69, 9.17) is 5.84 Å². The number of hydrogen-bond donors (Lipinski definition) is 3. The van der Waals surface area contributed by atoms with Gasteiger partial charge in [-0.25, -0.2) is 5.84 Å². The molecule has 0 saturated heterocycles. The van der Waals surface area contributed by atoms with Crippen molar-refractivity contribution in [2.75, 3.05) is 16.9 Å². The number of aromatic nitrogens is 4. The summed E-state index contributed by atoms with van der Waals surface area (Å²) < 4.78 is 0. The average molecular weight is 249 g/mol. The fourth-order valence-electron chi connectivity index (χ4n) is 1.95. The van der Waals surface area contributed by atoms with Gasteiger partial charge < -0.3 is 4.90 Å². The normalized spacial score (nSPS) is 11.2. The Balaban J connectivity index is 2.55. The molecule has 0 aromatic carbocycles. The molecule has 0 amide bonds. The van der Waals surface area contributed by atoms with Gasteiger partial charge in [0.2, 0.25) is 5.95 Å². The first-order chi connectivity index (χ1) is 8.67. The van der Waals surface area contributed by atoms with Crippen molar-refractivity contribution >= 4 is 22.8 Å². The minimum atomic E-state index is 0.351. The van der Waals surface area contributed by atoms with Crippen molar-refractivity contribution < 1.29 is 0 Å². The van der Waals surface area contributed by atoms with E-state index in [1.807, 2.05) is 0 Å². The summed E-state index contributed by atoms with van der Waals surface area (Å²) in [5.74, 6) is 6.65. The van der Waals surface area contributed by atoms with Crippen LogP contribution in [-0.2, 0) is 0 Å². The van der Waals surface area contributed by atoms with Crippen molar-refractivity contribution in [2.24, 2.45) is 5.84 Å². The molecule has 0 atom stereocenters. The first-order valence-electron chi connectivity index (χ1n) is 6.11. The zero-order valence-electron chi connectivity index (χ0n) is 10.9. The van der Waals surface area contributed by atoms with Crippen LogP contribution in [0.1, 0.15) is 27.2 Å². The summed E-state index contributed by atoms with van der Waals surface area (Å²) in [6.45, 7) is 7.35. The molecule has 2 rings (SSSR count). The summed E-state index contributed by atoms with van der Waals surface area (Å²) in [4.78, 5) is 10.9. The van der Waals surface area contributed by atoms with Crippen LogP contribution < -0.4 is 16.2 Å². The maximum atomic E-state index is 5.40. The second-order valence-electron chi connectivity index (χ2n) is 4.43. The number of nitrogen functional groups attached to an aromatic ring is 1. The van der Waals surface area contributed by atoms with E-state index in [0.717, 1.165) is 24.2 Å². The Morgan fingerprint density at radius 3 is 2.83 bits per heavy atom. The third-order valence-corrected chi connectivity index (χ3v) is 2.78. The molecule has 2 heterocycles. The van der Waals surface area contributed by atoms with Gasteiger partial charge in [-0.3, -0.25) is 10.5 Å². The largest absolute Gasteiger partial charge is 0.353 e. The number of anilines is 2. The van der Waals surface area contributed by atoms with Crippen LogP contribution in [0.5, 0.6) is 0 Å². The molecular formula is C11H19N7. The molecule has 0 spiro atoms. The van der Waals surface area contributed by atoms with E-state index in [1.54, 1.807) is 6.20 Å². The summed E-state index contributed by atoms with van der Waals surface area (Å²) in [5, 5.41) is 7.78. The van der Waals surface area contributed by atoms with Gasteiger partial charge in [0, 0.05) is 12.6 Å². The lowest BCUT2D eigenvalue weighted by Crippen LogP contribution is -2.32. The summed E-state index contributed by atoms with van der Waals surface area (Å²) >= 11 is 0. The predicted molar refractivity (Wildman–Crippen MR) is 72.3 cm³/mol. The molecule has 0 aliphatic heterocycles. The summed E-state index contributed by atoms with van der Waals surface area (Å²) in [6, 6.07) is 0.351. The number of nitrogens with zero attached hydrogens (tertiary/aromatic N) is 4. The number of hydrazine groups is 1. The maximum absolute atomic E-state index is 5.40. The fourth-order valence-corrected chi connectivity index (χ4v) is 1.95. The van der Waals surface area contributed by atoms with Crippen molar-refractivity contribution in [1.82, 2.24) is 20.2 Å². The number of H-pyrrole nitrogens is 1. The number of fused-ring (bicyclic) bond motifs is 1. The van der Waals surface area contributed by atoms with Gasteiger partial charge >= 0.3 is 0 Å². The third kappa shape index (κ3) is 2.21. The molecular weight excluding hydrogens is 230 g/mol. The highest BCUT2D eigenvalue weighted by Crippen LogP contribution is 2.25. The molecule has 7 nitrogen and oxygen atoms in total. The first kappa shape index (κ1) is 12.6. The molecule has 2 aromatic rings. The Kier molecular flexibility index (Phi) is 3.61. The van der Waals surface area contributed by atoms with E-state index < -0.39 is 0 Å². The zero-order chi connectivity index (χ0) is 13.1. The van der Waals surface area contributed by atoms with Crippen LogP contribution in [0.25, 0.3) is 11.0 Å². The van der Waals surface area contributed by atoms with Gasteiger partial charge in [0.15, 0.2) is 5.65 Å². The minimum Gasteiger partial charge on any atom is -0.353 e. The van der Waals surface area contributed by atoms with Crippen molar-refractivity contribution in [3.8, 4) is 0 Å². The molecule has 0 bridgehead atoms. The summed E-state index contributed by atoms with van der Waals surface area (Å²) in [5.41, 5.74) is 3.18. The van der Waals surface area contributed by atoms with Crippen LogP contribution >= 0.6 is 0 Å². The molecule has 2 aromatic heterocycles.